The lowest BCUT2D eigenvalue weighted by Crippen LogP contribution is -2.65. The van der Waals surface area contributed by atoms with E-state index in [1.807, 2.05) is 4.90 Å². The van der Waals surface area contributed by atoms with Crippen LogP contribution in [0.2, 0.25) is 0 Å². The molecule has 7 fully saturated rings. The molecular weight excluding hydrogens is 716 g/mol. The minimum atomic E-state index is -4.75. The fourth-order valence-corrected chi connectivity index (χ4v) is 10.1. The molecule has 7 heterocycles. The van der Waals surface area contributed by atoms with Crippen LogP contribution in [-0.2, 0) is 28.6 Å². The lowest BCUT2D eigenvalue weighted by molar-refractivity contribution is -0.345. The number of carbonyl (C=O) groups is 3. The molecular formula is C36H50F3N7O6S. The molecule has 53 heavy (non-hydrogen) atoms. The molecule has 1 spiro atoms. The predicted molar refractivity (Wildman–Crippen MR) is 189 cm³/mol. The summed E-state index contributed by atoms with van der Waals surface area (Å²) in [6.45, 7) is 8.64. The molecule has 4 atom stereocenters. The van der Waals surface area contributed by atoms with Gasteiger partial charge in [0.25, 0.3) is 0 Å². The molecule has 7 aliphatic rings. The minimum absolute atomic E-state index is 0. The maximum absolute atomic E-state index is 14.6. The van der Waals surface area contributed by atoms with Crippen molar-refractivity contribution < 1.29 is 43.2 Å². The second-order valence-electron chi connectivity index (χ2n) is 17.0. The van der Waals surface area contributed by atoms with Crippen molar-refractivity contribution in [3.05, 3.63) is 11.8 Å². The second-order valence-corrected chi connectivity index (χ2v) is 17.9. The zero-order valence-corrected chi connectivity index (χ0v) is 31.2. The van der Waals surface area contributed by atoms with E-state index in [-0.39, 0.29) is 62.0 Å². The summed E-state index contributed by atoms with van der Waals surface area (Å²) in [5.74, 6) is -0.561. The van der Waals surface area contributed by atoms with Gasteiger partial charge in [-0.3, -0.25) is 19.1 Å². The summed E-state index contributed by atoms with van der Waals surface area (Å²) in [6, 6.07) is -1.08. The summed E-state index contributed by atoms with van der Waals surface area (Å²) >= 11 is 1.42. The summed E-state index contributed by atoms with van der Waals surface area (Å²) in [5, 5.41) is 3.08. The van der Waals surface area contributed by atoms with E-state index < -0.39 is 41.9 Å². The number of piperidine rings is 1. The third-order valence-electron chi connectivity index (χ3n) is 12.9. The van der Waals surface area contributed by atoms with E-state index >= 15 is 0 Å². The van der Waals surface area contributed by atoms with Crippen LogP contribution < -0.4 is 10.2 Å². The summed E-state index contributed by atoms with van der Waals surface area (Å²) in [7, 11) is 0. The van der Waals surface area contributed by atoms with Crippen LogP contribution in [0, 0.1) is 28.1 Å². The van der Waals surface area contributed by atoms with Crippen LogP contribution in [0.15, 0.2) is 11.8 Å². The summed E-state index contributed by atoms with van der Waals surface area (Å²) in [4.78, 5) is 61.0. The number of ether oxygens (including phenoxy) is 3. The standard InChI is InChI=1S/C36H48F3N7O6S.H2/c1-21(50-17-34-8-4-22(5-9-34)51-18-34)26(32(49)44-10-6-23(7-11-44)52-36(37,38)39)43-30(47)25-13-45(29-27-28(40-19-41-29)42-20-53-27)14-35(25)15-46(16-35)31(48)24-12-33(24,2)3;/h19-26H,4-18H2,1-3H3,(H,43,47);1H/t21-,22?,24-,25+,26+,34?;/m1./s1. The number of aromatic nitrogens is 3. The maximum Gasteiger partial charge on any atom is 0.522 e. The number of alkyl halides is 3. The van der Waals surface area contributed by atoms with E-state index in [9.17, 15) is 27.6 Å². The Labute approximate surface area is 311 Å². The van der Waals surface area contributed by atoms with Crippen LogP contribution in [0.25, 0.3) is 10.3 Å². The Morgan fingerprint density at radius 1 is 1.06 bits per heavy atom. The Bertz CT molecular complexity index is 1710. The number of nitrogens with one attached hydrogen (secondary N) is 1. The lowest BCUT2D eigenvalue weighted by atomic mass is 9.70. The van der Waals surface area contributed by atoms with Gasteiger partial charge < -0.3 is 29.5 Å². The van der Waals surface area contributed by atoms with Gasteiger partial charge in [-0.25, -0.2) is 15.0 Å². The van der Waals surface area contributed by atoms with Crippen LogP contribution in [0.5, 0.6) is 0 Å². The van der Waals surface area contributed by atoms with E-state index in [1.54, 1.807) is 12.4 Å². The average Bonchev–Trinajstić information content (AvgIpc) is 3.42. The van der Waals surface area contributed by atoms with E-state index in [4.69, 9.17) is 9.47 Å². The van der Waals surface area contributed by atoms with E-state index in [2.05, 4.69) is 43.8 Å². The van der Waals surface area contributed by atoms with Gasteiger partial charge in [-0.15, -0.1) is 24.5 Å². The van der Waals surface area contributed by atoms with Gasteiger partial charge in [-0.05, 0) is 57.3 Å². The third-order valence-corrected chi connectivity index (χ3v) is 13.7. The van der Waals surface area contributed by atoms with Crippen molar-refractivity contribution in [3.8, 4) is 0 Å². The molecule has 5 aliphatic heterocycles. The number of halogens is 3. The second kappa shape index (κ2) is 13.6. The minimum Gasteiger partial charge on any atom is -0.378 e. The molecule has 13 nitrogen and oxygen atoms in total. The van der Waals surface area contributed by atoms with Crippen LogP contribution >= 0.6 is 11.3 Å². The topological polar surface area (TPSA) is 139 Å². The number of amides is 3. The average molecular weight is 766 g/mol. The van der Waals surface area contributed by atoms with Gasteiger partial charge in [0, 0.05) is 57.4 Å². The highest BCUT2D eigenvalue weighted by atomic mass is 32.1. The first-order valence-electron chi connectivity index (χ1n) is 18.8. The molecule has 2 aliphatic carbocycles. The van der Waals surface area contributed by atoms with Gasteiger partial charge in [0.1, 0.15) is 17.1 Å². The van der Waals surface area contributed by atoms with Gasteiger partial charge >= 0.3 is 6.36 Å². The number of hydrogen-bond acceptors (Lipinski definition) is 11. The Kier molecular flexibility index (Phi) is 9.41. The molecule has 17 heteroatoms. The van der Waals surface area contributed by atoms with Crippen molar-refractivity contribution in [1.29, 1.82) is 0 Å². The number of thiazole rings is 1. The largest absolute Gasteiger partial charge is 0.522 e. The quantitative estimate of drug-likeness (QED) is 0.378. The van der Waals surface area contributed by atoms with Crippen molar-refractivity contribution in [2.75, 3.05) is 57.4 Å². The fourth-order valence-electron chi connectivity index (χ4n) is 9.31. The van der Waals surface area contributed by atoms with Gasteiger partial charge in [0.05, 0.1) is 43.0 Å². The first kappa shape index (κ1) is 36.8. The summed E-state index contributed by atoms with van der Waals surface area (Å²) in [5.41, 5.74) is 1.52. The van der Waals surface area contributed by atoms with Crippen molar-refractivity contribution in [2.24, 2.45) is 28.1 Å². The van der Waals surface area contributed by atoms with Crippen molar-refractivity contribution in [3.63, 3.8) is 0 Å². The molecule has 9 rings (SSSR count). The molecule has 0 aromatic carbocycles. The molecule has 5 saturated heterocycles. The van der Waals surface area contributed by atoms with Crippen molar-refractivity contribution in [2.45, 2.75) is 96.4 Å². The number of rotatable bonds is 10. The number of hydrogen-bond donors (Lipinski definition) is 1. The van der Waals surface area contributed by atoms with E-state index in [0.717, 1.165) is 36.8 Å². The fraction of sp³-hybridized carbons (Fsp3) is 0.778. The molecule has 2 aromatic heterocycles. The molecule has 292 valence electrons. The normalized spacial score (nSPS) is 30.4. The SMILES string of the molecule is C[C@@H](OCC12CCC(CC1)OC2)[C@H](NC(=O)[C@@H]1CN(c2ncnc3ncsc23)CC12CN(C(=O)[C@H]1CC1(C)C)C2)C(=O)N1CCC(OC(F)(F)F)CC1.[HH]. The monoisotopic (exact) mass is 765 g/mol. The smallest absolute Gasteiger partial charge is 0.378 e. The van der Waals surface area contributed by atoms with E-state index in [1.165, 1.54) is 22.6 Å². The van der Waals surface area contributed by atoms with Crippen molar-refractivity contribution in [1.82, 2.24) is 30.1 Å². The summed E-state index contributed by atoms with van der Waals surface area (Å²) < 4.78 is 56.4. The van der Waals surface area contributed by atoms with Gasteiger partial charge in [0.15, 0.2) is 11.5 Å². The Hall–Kier alpha value is -3.15. The van der Waals surface area contributed by atoms with Crippen LogP contribution in [0.1, 0.15) is 67.1 Å². The van der Waals surface area contributed by atoms with Crippen molar-refractivity contribution >= 4 is 45.2 Å². The number of likely N-dealkylation sites (tertiary alicyclic amines) is 2. The van der Waals surface area contributed by atoms with E-state index in [0.29, 0.717) is 50.9 Å². The molecule has 2 aromatic rings. The zero-order valence-electron chi connectivity index (χ0n) is 30.4. The summed E-state index contributed by atoms with van der Waals surface area (Å²) in [6.07, 6.45) is -0.0350. The molecule has 3 amide bonds. The van der Waals surface area contributed by atoms with Gasteiger partial charge in [-0.1, -0.05) is 13.8 Å². The molecule has 1 N–H and O–H groups in total. The van der Waals surface area contributed by atoms with Gasteiger partial charge in [0.2, 0.25) is 17.7 Å². The Balaban J connectivity index is 0.00000450. The van der Waals surface area contributed by atoms with Gasteiger partial charge in [-0.2, -0.15) is 0 Å². The lowest BCUT2D eigenvalue weighted by Gasteiger charge is -2.51. The highest BCUT2D eigenvalue weighted by Gasteiger charge is 2.62. The number of nitrogens with zero attached hydrogens (tertiary/aromatic N) is 6. The molecule has 0 radical (unpaired) electrons. The number of anilines is 1. The van der Waals surface area contributed by atoms with Crippen LogP contribution in [-0.4, -0.2) is 126 Å². The maximum atomic E-state index is 14.6. The van der Waals surface area contributed by atoms with Crippen LogP contribution in [0.3, 0.4) is 0 Å². The Morgan fingerprint density at radius 2 is 1.77 bits per heavy atom. The zero-order chi connectivity index (χ0) is 37.3. The molecule has 2 saturated carbocycles. The first-order valence-corrected chi connectivity index (χ1v) is 19.7. The number of fused-ring (bicyclic) bond motifs is 4. The number of carbonyl (C=O) groups excluding carboxylic acids is 3. The Morgan fingerprint density at radius 3 is 2.42 bits per heavy atom. The highest BCUT2D eigenvalue weighted by molar-refractivity contribution is 7.17. The highest BCUT2D eigenvalue weighted by Crippen LogP contribution is 2.55. The van der Waals surface area contributed by atoms with Crippen LogP contribution in [0.4, 0.5) is 19.0 Å². The molecule has 0 unspecified atom stereocenters. The molecule has 2 bridgehead atoms. The predicted octanol–water partition coefficient (Wildman–Crippen LogP) is 4.02. The first-order chi connectivity index (χ1) is 25.1. The third kappa shape index (κ3) is 7.22.